The summed E-state index contributed by atoms with van der Waals surface area (Å²) in [5.74, 6) is -0.197. The Kier molecular flexibility index (Phi) is 4.55. The zero-order valence-electron chi connectivity index (χ0n) is 10.8. The van der Waals surface area contributed by atoms with Crippen molar-refractivity contribution >= 4 is 5.69 Å². The van der Waals surface area contributed by atoms with Crippen LogP contribution in [-0.2, 0) is 0 Å². The second kappa shape index (κ2) is 6.16. The molecule has 1 aliphatic heterocycles. The highest BCUT2D eigenvalue weighted by atomic mass is 19.1. The van der Waals surface area contributed by atoms with Gasteiger partial charge in [-0.1, -0.05) is 0 Å². The summed E-state index contributed by atoms with van der Waals surface area (Å²) >= 11 is 0. The van der Waals surface area contributed by atoms with Crippen molar-refractivity contribution in [3.63, 3.8) is 0 Å². The Labute approximate surface area is 108 Å². The van der Waals surface area contributed by atoms with Gasteiger partial charge in [-0.3, -0.25) is 0 Å². The molecule has 1 saturated heterocycles. The second-order valence-electron chi connectivity index (χ2n) is 4.92. The van der Waals surface area contributed by atoms with E-state index in [-0.39, 0.29) is 12.4 Å². The van der Waals surface area contributed by atoms with Gasteiger partial charge in [-0.25, -0.2) is 4.39 Å². The first kappa shape index (κ1) is 13.3. The van der Waals surface area contributed by atoms with Crippen molar-refractivity contribution in [2.45, 2.75) is 18.9 Å². The smallest absolute Gasteiger partial charge is 0.123 e. The van der Waals surface area contributed by atoms with Gasteiger partial charge in [-0.15, -0.1) is 0 Å². The van der Waals surface area contributed by atoms with Gasteiger partial charge in [0.2, 0.25) is 0 Å². The van der Waals surface area contributed by atoms with Crippen molar-refractivity contribution in [3.05, 3.63) is 30.1 Å². The van der Waals surface area contributed by atoms with Gasteiger partial charge in [-0.05, 0) is 50.7 Å². The number of hydrogen-bond donors (Lipinski definition) is 1. The second-order valence-corrected chi connectivity index (χ2v) is 4.92. The number of likely N-dealkylation sites (N-methyl/N-ethyl adjacent to an activating group) is 1. The standard InChI is InChI=1S/C14H21FN2O/c1-16-8-2-9-17(11-14(16)7-10-18)13-5-3-12(15)4-6-13/h3-6,14,18H,2,7-11H2,1H3. The molecule has 1 aromatic carbocycles. The van der Waals surface area contributed by atoms with E-state index in [9.17, 15) is 4.39 Å². The quantitative estimate of drug-likeness (QED) is 0.887. The number of rotatable bonds is 3. The Bertz CT molecular complexity index is 369. The molecule has 0 aliphatic carbocycles. The molecule has 1 aromatic rings. The molecule has 100 valence electrons. The molecule has 0 bridgehead atoms. The van der Waals surface area contributed by atoms with E-state index in [2.05, 4.69) is 16.8 Å². The van der Waals surface area contributed by atoms with Gasteiger partial charge in [0.1, 0.15) is 5.82 Å². The van der Waals surface area contributed by atoms with Gasteiger partial charge in [0.25, 0.3) is 0 Å². The summed E-state index contributed by atoms with van der Waals surface area (Å²) in [5, 5.41) is 9.13. The molecular weight excluding hydrogens is 231 g/mol. The first-order chi connectivity index (χ1) is 8.70. The van der Waals surface area contributed by atoms with Crippen molar-refractivity contribution in [1.82, 2.24) is 4.90 Å². The van der Waals surface area contributed by atoms with Gasteiger partial charge < -0.3 is 14.9 Å². The highest BCUT2D eigenvalue weighted by Crippen LogP contribution is 2.19. The molecule has 0 radical (unpaired) electrons. The molecular formula is C14H21FN2O. The SMILES string of the molecule is CN1CCCN(c2ccc(F)cc2)CC1CCO. The van der Waals surface area contributed by atoms with Gasteiger partial charge >= 0.3 is 0 Å². The molecule has 1 heterocycles. The van der Waals surface area contributed by atoms with Crippen molar-refractivity contribution in [2.24, 2.45) is 0 Å². The molecule has 0 amide bonds. The Morgan fingerprint density at radius 1 is 1.28 bits per heavy atom. The van der Waals surface area contributed by atoms with Gasteiger partial charge in [0.15, 0.2) is 0 Å². The lowest BCUT2D eigenvalue weighted by molar-refractivity contribution is 0.196. The molecule has 1 aliphatic rings. The zero-order chi connectivity index (χ0) is 13.0. The molecule has 1 unspecified atom stereocenters. The number of benzene rings is 1. The molecule has 3 nitrogen and oxygen atoms in total. The summed E-state index contributed by atoms with van der Waals surface area (Å²) in [6.45, 7) is 3.13. The maximum absolute atomic E-state index is 12.9. The van der Waals surface area contributed by atoms with Gasteiger partial charge in [0, 0.05) is 31.4 Å². The lowest BCUT2D eigenvalue weighted by Gasteiger charge is -2.29. The van der Waals surface area contributed by atoms with Crippen LogP contribution < -0.4 is 4.90 Å². The topological polar surface area (TPSA) is 26.7 Å². The van der Waals surface area contributed by atoms with E-state index in [0.717, 1.165) is 38.2 Å². The number of anilines is 1. The van der Waals surface area contributed by atoms with Crippen LogP contribution in [0.3, 0.4) is 0 Å². The number of aliphatic hydroxyl groups is 1. The van der Waals surface area contributed by atoms with Crippen LogP contribution in [0.15, 0.2) is 24.3 Å². The maximum atomic E-state index is 12.9. The van der Waals surface area contributed by atoms with E-state index in [1.165, 1.54) is 12.1 Å². The fourth-order valence-corrected chi connectivity index (χ4v) is 2.53. The normalized spacial score (nSPS) is 21.9. The number of aliphatic hydroxyl groups excluding tert-OH is 1. The largest absolute Gasteiger partial charge is 0.396 e. The third kappa shape index (κ3) is 3.21. The van der Waals surface area contributed by atoms with Crippen LogP contribution >= 0.6 is 0 Å². The van der Waals surface area contributed by atoms with Crippen molar-refractivity contribution in [3.8, 4) is 0 Å². The first-order valence-corrected chi connectivity index (χ1v) is 6.52. The van der Waals surface area contributed by atoms with Crippen LogP contribution in [0.1, 0.15) is 12.8 Å². The van der Waals surface area contributed by atoms with Crippen LogP contribution in [0.2, 0.25) is 0 Å². The molecule has 0 aromatic heterocycles. The highest BCUT2D eigenvalue weighted by molar-refractivity contribution is 5.46. The minimum absolute atomic E-state index is 0.197. The van der Waals surface area contributed by atoms with Gasteiger partial charge in [-0.2, -0.15) is 0 Å². The molecule has 1 fully saturated rings. The van der Waals surface area contributed by atoms with E-state index < -0.39 is 0 Å². The Balaban J connectivity index is 2.10. The fraction of sp³-hybridized carbons (Fsp3) is 0.571. The Morgan fingerprint density at radius 2 is 2.00 bits per heavy atom. The molecule has 2 rings (SSSR count). The summed E-state index contributed by atoms with van der Waals surface area (Å²) in [4.78, 5) is 4.59. The minimum Gasteiger partial charge on any atom is -0.396 e. The minimum atomic E-state index is -0.197. The van der Waals surface area contributed by atoms with Crippen molar-refractivity contribution < 1.29 is 9.50 Å². The predicted octanol–water partition coefficient (Wildman–Crippen LogP) is 1.72. The molecule has 1 atom stereocenters. The van der Waals surface area contributed by atoms with Crippen LogP contribution in [0.5, 0.6) is 0 Å². The Morgan fingerprint density at radius 3 is 2.67 bits per heavy atom. The van der Waals surface area contributed by atoms with Gasteiger partial charge in [0.05, 0.1) is 0 Å². The summed E-state index contributed by atoms with van der Waals surface area (Å²) in [6, 6.07) is 7.03. The van der Waals surface area contributed by atoms with E-state index in [0.29, 0.717) is 6.04 Å². The monoisotopic (exact) mass is 252 g/mol. The lowest BCUT2D eigenvalue weighted by Crippen LogP contribution is -2.39. The van der Waals surface area contributed by atoms with E-state index >= 15 is 0 Å². The number of hydrogen-bond acceptors (Lipinski definition) is 3. The summed E-state index contributed by atoms with van der Waals surface area (Å²) in [5.41, 5.74) is 1.06. The third-order valence-electron chi connectivity index (χ3n) is 3.65. The third-order valence-corrected chi connectivity index (χ3v) is 3.65. The molecule has 18 heavy (non-hydrogen) atoms. The number of halogens is 1. The van der Waals surface area contributed by atoms with Crippen LogP contribution in [0.25, 0.3) is 0 Å². The van der Waals surface area contributed by atoms with Crippen molar-refractivity contribution in [1.29, 1.82) is 0 Å². The predicted molar refractivity (Wildman–Crippen MR) is 71.4 cm³/mol. The molecule has 4 heteroatoms. The fourth-order valence-electron chi connectivity index (χ4n) is 2.53. The first-order valence-electron chi connectivity index (χ1n) is 6.52. The molecule has 0 saturated carbocycles. The zero-order valence-corrected chi connectivity index (χ0v) is 10.8. The average Bonchev–Trinajstić information content (AvgIpc) is 2.54. The van der Waals surface area contributed by atoms with Crippen molar-refractivity contribution in [2.75, 3.05) is 38.2 Å². The maximum Gasteiger partial charge on any atom is 0.123 e. The van der Waals surface area contributed by atoms with E-state index in [1.54, 1.807) is 0 Å². The summed E-state index contributed by atoms with van der Waals surface area (Å²) < 4.78 is 12.9. The lowest BCUT2D eigenvalue weighted by atomic mass is 10.1. The van der Waals surface area contributed by atoms with E-state index in [1.807, 2.05) is 12.1 Å². The van der Waals surface area contributed by atoms with E-state index in [4.69, 9.17) is 5.11 Å². The highest BCUT2D eigenvalue weighted by Gasteiger charge is 2.21. The summed E-state index contributed by atoms with van der Waals surface area (Å²) in [7, 11) is 2.11. The Hall–Kier alpha value is -1.13. The number of nitrogens with zero attached hydrogens (tertiary/aromatic N) is 2. The van der Waals surface area contributed by atoms with Crippen LogP contribution in [0.4, 0.5) is 10.1 Å². The molecule has 1 N–H and O–H groups in total. The molecule has 0 spiro atoms. The van der Waals surface area contributed by atoms with Crippen LogP contribution in [0, 0.1) is 5.82 Å². The van der Waals surface area contributed by atoms with Crippen LogP contribution in [-0.4, -0.2) is 49.3 Å². The average molecular weight is 252 g/mol. The summed E-state index contributed by atoms with van der Waals surface area (Å²) in [6.07, 6.45) is 1.88.